The number of hydrogen-bond donors (Lipinski definition) is 5. The Morgan fingerprint density at radius 1 is 0.902 bits per heavy atom. The average Bonchev–Trinajstić information content (AvgIpc) is 2.98. The van der Waals surface area contributed by atoms with Gasteiger partial charge in [-0.2, -0.15) is 11.8 Å². The highest BCUT2D eigenvalue weighted by atomic mass is 32.2. The Kier molecular flexibility index (Phi) is 11.6. The molecule has 1 saturated heterocycles. The van der Waals surface area contributed by atoms with Gasteiger partial charge in [0.2, 0.25) is 11.8 Å². The molecule has 0 unspecified atom stereocenters. The Morgan fingerprint density at radius 3 is 2.39 bits per heavy atom. The normalized spacial score (nSPS) is 18.5. The van der Waals surface area contributed by atoms with Crippen molar-refractivity contribution in [2.75, 3.05) is 34.5 Å². The van der Waals surface area contributed by atoms with Crippen LogP contribution in [0.5, 0.6) is 0 Å². The highest BCUT2D eigenvalue weighted by molar-refractivity contribution is 7.99. The van der Waals surface area contributed by atoms with Crippen LogP contribution in [0.25, 0.3) is 0 Å². The number of nitrogen functional groups attached to an aromatic ring is 1. The summed E-state index contributed by atoms with van der Waals surface area (Å²) in [5.74, 6) is 0.952. The summed E-state index contributed by atoms with van der Waals surface area (Å²) in [7, 11) is 0. The largest absolute Gasteiger partial charge is 0.397 e. The molecule has 0 bridgehead atoms. The number of hydrogen-bond acceptors (Lipinski definition) is 8. The maximum absolute atomic E-state index is 12.6. The number of aliphatic hydroxyl groups is 2. The maximum atomic E-state index is 12.6. The van der Waals surface area contributed by atoms with Crippen LogP contribution < -0.4 is 16.4 Å². The van der Waals surface area contributed by atoms with Crippen molar-refractivity contribution < 1.29 is 29.3 Å². The Labute approximate surface area is 244 Å². The van der Waals surface area contributed by atoms with Gasteiger partial charge in [-0.15, -0.1) is 0 Å². The molecule has 0 aromatic heterocycles. The molecule has 0 saturated carbocycles. The summed E-state index contributed by atoms with van der Waals surface area (Å²) < 4.78 is 12.7. The van der Waals surface area contributed by atoms with Crippen molar-refractivity contribution in [2.45, 2.75) is 50.8 Å². The third-order valence-electron chi connectivity index (χ3n) is 6.64. The first kappa shape index (κ1) is 30.5. The minimum Gasteiger partial charge on any atom is -0.397 e. The molecule has 3 aromatic rings. The van der Waals surface area contributed by atoms with E-state index in [1.165, 1.54) is 0 Å². The highest BCUT2D eigenvalue weighted by Gasteiger charge is 2.32. The van der Waals surface area contributed by atoms with Gasteiger partial charge in [-0.1, -0.05) is 48.5 Å². The molecule has 0 radical (unpaired) electrons. The zero-order valence-electron chi connectivity index (χ0n) is 22.8. The van der Waals surface area contributed by atoms with E-state index in [1.54, 1.807) is 42.1 Å². The first-order chi connectivity index (χ1) is 19.9. The van der Waals surface area contributed by atoms with Crippen LogP contribution in [0.15, 0.2) is 72.8 Å². The molecule has 9 nitrogen and oxygen atoms in total. The lowest BCUT2D eigenvalue weighted by Gasteiger charge is -2.36. The van der Waals surface area contributed by atoms with E-state index in [4.69, 9.17) is 15.2 Å². The smallest absolute Gasteiger partial charge is 0.224 e. The minimum absolute atomic E-state index is 0.0213. The van der Waals surface area contributed by atoms with Gasteiger partial charge in [0, 0.05) is 42.0 Å². The summed E-state index contributed by atoms with van der Waals surface area (Å²) in [6, 6.07) is 22.1. The lowest BCUT2D eigenvalue weighted by molar-refractivity contribution is -0.245. The molecule has 3 aromatic carbocycles. The molecule has 4 rings (SSSR count). The van der Waals surface area contributed by atoms with Crippen molar-refractivity contribution in [2.24, 2.45) is 0 Å². The van der Waals surface area contributed by atoms with Crippen LogP contribution in [0.2, 0.25) is 0 Å². The standard InChI is InChI=1S/C31H37N3O6S/c32-26-7-1-2-8-27(26)34-30(38)10-4-9-29(37)33-24-6-3-5-23(17-24)31-39-25(20-41-16-15-35)18-28(40-31)22-13-11-21(19-36)12-14-22/h1-3,5-8,11-14,17,25,28,31,35-36H,4,9-10,15-16,18-20,32H2,(H,33,37)(H,34,38)/t25-,28+,31+/m0/s1. The van der Waals surface area contributed by atoms with Gasteiger partial charge in [-0.25, -0.2) is 0 Å². The fourth-order valence-corrected chi connectivity index (χ4v) is 5.29. The highest BCUT2D eigenvalue weighted by Crippen LogP contribution is 2.39. The molecule has 1 fully saturated rings. The van der Waals surface area contributed by atoms with Crippen LogP contribution >= 0.6 is 11.8 Å². The number of amides is 2. The lowest BCUT2D eigenvalue weighted by atomic mass is 10.0. The van der Waals surface area contributed by atoms with Crippen LogP contribution in [0.3, 0.4) is 0 Å². The number of thioether (sulfide) groups is 1. The lowest BCUT2D eigenvalue weighted by Crippen LogP contribution is -2.31. The Morgan fingerprint density at radius 2 is 1.66 bits per heavy atom. The molecule has 6 N–H and O–H groups in total. The number of nitrogens with two attached hydrogens (primary N) is 1. The van der Waals surface area contributed by atoms with E-state index in [0.29, 0.717) is 41.4 Å². The number of para-hydroxylation sites is 2. The maximum Gasteiger partial charge on any atom is 0.224 e. The number of anilines is 3. The first-order valence-electron chi connectivity index (χ1n) is 13.7. The Hall–Kier alpha value is -3.41. The van der Waals surface area contributed by atoms with Gasteiger partial charge in [-0.05, 0) is 41.8 Å². The monoisotopic (exact) mass is 579 g/mol. The van der Waals surface area contributed by atoms with Gasteiger partial charge in [0.1, 0.15) is 0 Å². The number of carbonyl (C=O) groups is 2. The third kappa shape index (κ3) is 9.31. The van der Waals surface area contributed by atoms with E-state index in [-0.39, 0.29) is 50.1 Å². The van der Waals surface area contributed by atoms with E-state index in [1.807, 2.05) is 42.5 Å². The topological polar surface area (TPSA) is 143 Å². The molecular formula is C31H37N3O6S. The van der Waals surface area contributed by atoms with Crippen LogP contribution in [0.4, 0.5) is 17.1 Å². The predicted molar refractivity (Wildman–Crippen MR) is 161 cm³/mol. The summed E-state index contributed by atoms with van der Waals surface area (Å²) in [4.78, 5) is 24.9. The Balaban J connectivity index is 1.34. The molecule has 0 aliphatic carbocycles. The molecule has 3 atom stereocenters. The fraction of sp³-hybridized carbons (Fsp3) is 0.355. The minimum atomic E-state index is -0.642. The second-order valence-corrected chi connectivity index (χ2v) is 11.0. The fourth-order valence-electron chi connectivity index (χ4n) is 4.52. The van der Waals surface area contributed by atoms with Crippen molar-refractivity contribution >= 4 is 40.6 Å². The number of benzene rings is 3. The van der Waals surface area contributed by atoms with Gasteiger partial charge in [0.05, 0.1) is 36.8 Å². The van der Waals surface area contributed by atoms with E-state index >= 15 is 0 Å². The molecule has 1 heterocycles. The molecule has 218 valence electrons. The zero-order chi connectivity index (χ0) is 29.0. The second kappa shape index (κ2) is 15.6. The molecule has 2 amide bonds. The van der Waals surface area contributed by atoms with Gasteiger partial charge < -0.3 is 36.1 Å². The van der Waals surface area contributed by atoms with Gasteiger partial charge in [0.15, 0.2) is 6.29 Å². The van der Waals surface area contributed by atoms with E-state index in [0.717, 1.165) is 16.7 Å². The second-order valence-electron chi connectivity index (χ2n) is 9.81. The van der Waals surface area contributed by atoms with Crippen molar-refractivity contribution in [1.82, 2.24) is 0 Å². The van der Waals surface area contributed by atoms with Crippen molar-refractivity contribution in [1.29, 1.82) is 0 Å². The van der Waals surface area contributed by atoms with E-state index in [9.17, 15) is 19.8 Å². The van der Waals surface area contributed by atoms with Gasteiger partial charge >= 0.3 is 0 Å². The molecular weight excluding hydrogens is 542 g/mol. The molecule has 1 aliphatic heterocycles. The summed E-state index contributed by atoms with van der Waals surface area (Å²) in [5.41, 5.74) is 10.1. The molecule has 0 spiro atoms. The van der Waals surface area contributed by atoms with Gasteiger partial charge in [-0.3, -0.25) is 9.59 Å². The SMILES string of the molecule is Nc1ccccc1NC(=O)CCCC(=O)Nc1cccc([C@@H]2O[C@H](CSCCO)C[C@H](c3ccc(CO)cc3)O2)c1. The number of aliphatic hydroxyl groups excluding tert-OH is 2. The average molecular weight is 580 g/mol. The van der Waals surface area contributed by atoms with Crippen molar-refractivity contribution in [3.05, 3.63) is 89.5 Å². The molecule has 1 aliphatic rings. The van der Waals surface area contributed by atoms with Crippen LogP contribution in [0, 0.1) is 0 Å². The van der Waals surface area contributed by atoms with Crippen molar-refractivity contribution in [3.8, 4) is 0 Å². The van der Waals surface area contributed by atoms with Crippen LogP contribution in [-0.2, 0) is 25.7 Å². The van der Waals surface area contributed by atoms with E-state index in [2.05, 4.69) is 10.6 Å². The van der Waals surface area contributed by atoms with Crippen LogP contribution in [0.1, 0.15) is 54.8 Å². The number of nitrogens with one attached hydrogen (secondary N) is 2. The number of rotatable bonds is 13. The van der Waals surface area contributed by atoms with Crippen LogP contribution in [-0.4, -0.2) is 46.2 Å². The first-order valence-corrected chi connectivity index (χ1v) is 14.8. The predicted octanol–water partition coefficient (Wildman–Crippen LogP) is 4.78. The summed E-state index contributed by atoms with van der Waals surface area (Å²) in [5, 5.41) is 24.3. The van der Waals surface area contributed by atoms with E-state index < -0.39 is 6.29 Å². The summed E-state index contributed by atoms with van der Waals surface area (Å²) in [6.07, 6.45) is 0.491. The quantitative estimate of drug-likeness (QED) is 0.144. The number of carbonyl (C=O) groups excluding carboxylic acids is 2. The number of ether oxygens (including phenoxy) is 2. The summed E-state index contributed by atoms with van der Waals surface area (Å²) >= 11 is 1.63. The summed E-state index contributed by atoms with van der Waals surface area (Å²) in [6.45, 7) is 0.0872. The third-order valence-corrected chi connectivity index (χ3v) is 7.72. The molecule has 41 heavy (non-hydrogen) atoms. The molecule has 10 heteroatoms. The van der Waals surface area contributed by atoms with Crippen molar-refractivity contribution in [3.63, 3.8) is 0 Å². The zero-order valence-corrected chi connectivity index (χ0v) is 23.6. The van der Waals surface area contributed by atoms with Gasteiger partial charge in [0.25, 0.3) is 0 Å². The Bertz CT molecular complexity index is 1290.